The van der Waals surface area contributed by atoms with E-state index in [2.05, 4.69) is 15.9 Å². The minimum Gasteiger partial charge on any atom is -0.273 e. The number of rotatable bonds is 2. The van der Waals surface area contributed by atoms with Crippen LogP contribution in [0.4, 0.5) is 5.69 Å². The Kier molecular flexibility index (Phi) is 4.22. The Morgan fingerprint density at radius 1 is 1.00 bits per heavy atom. The summed E-state index contributed by atoms with van der Waals surface area (Å²) in [7, 11) is -1.54. The van der Waals surface area contributed by atoms with E-state index in [4.69, 9.17) is 0 Å². The highest BCUT2D eigenvalue weighted by Crippen LogP contribution is 2.30. The summed E-state index contributed by atoms with van der Waals surface area (Å²) in [4.78, 5) is 26.0. The zero-order chi connectivity index (χ0) is 15.7. The SMILES string of the molecule is O=C1C[S@](=O)[C@H](c2ccccc2)C(=O)N1c1ccc(Br)cc1. The van der Waals surface area contributed by atoms with Crippen molar-refractivity contribution in [3.63, 3.8) is 0 Å². The van der Waals surface area contributed by atoms with Gasteiger partial charge in [0.25, 0.3) is 5.91 Å². The van der Waals surface area contributed by atoms with Crippen molar-refractivity contribution in [1.82, 2.24) is 0 Å². The van der Waals surface area contributed by atoms with Crippen LogP contribution in [0, 0.1) is 0 Å². The van der Waals surface area contributed by atoms with Crippen LogP contribution in [0.2, 0.25) is 0 Å². The lowest BCUT2D eigenvalue weighted by Crippen LogP contribution is -2.49. The van der Waals surface area contributed by atoms with Gasteiger partial charge >= 0.3 is 0 Å². The topological polar surface area (TPSA) is 54.5 Å². The van der Waals surface area contributed by atoms with Gasteiger partial charge in [0.2, 0.25) is 5.91 Å². The predicted octanol–water partition coefficient (Wildman–Crippen LogP) is 2.81. The van der Waals surface area contributed by atoms with Crippen molar-refractivity contribution in [2.45, 2.75) is 5.25 Å². The largest absolute Gasteiger partial charge is 0.273 e. The number of anilines is 1. The van der Waals surface area contributed by atoms with Gasteiger partial charge in [-0.05, 0) is 29.8 Å². The second-order valence-electron chi connectivity index (χ2n) is 4.86. The van der Waals surface area contributed by atoms with Crippen LogP contribution in [0.3, 0.4) is 0 Å². The zero-order valence-corrected chi connectivity index (χ0v) is 13.8. The standard InChI is InChI=1S/C16H12BrNO3S/c17-12-6-8-13(9-7-12)18-14(19)10-22(21)15(16(18)20)11-4-2-1-3-5-11/h1-9,15H,10H2/t15-,22+/m1/s1. The molecule has 6 heteroatoms. The van der Waals surface area contributed by atoms with Crippen LogP contribution in [-0.4, -0.2) is 21.8 Å². The van der Waals surface area contributed by atoms with Gasteiger partial charge in [0.05, 0.1) is 5.69 Å². The number of imide groups is 1. The second-order valence-corrected chi connectivity index (χ2v) is 7.30. The Hall–Kier alpha value is -1.79. The van der Waals surface area contributed by atoms with E-state index in [1.54, 1.807) is 48.5 Å². The Morgan fingerprint density at radius 2 is 1.64 bits per heavy atom. The summed E-state index contributed by atoms with van der Waals surface area (Å²) in [5, 5.41) is -0.803. The van der Waals surface area contributed by atoms with E-state index in [0.29, 0.717) is 11.3 Å². The fourth-order valence-corrected chi connectivity index (χ4v) is 4.00. The Bertz CT molecular complexity index is 746. The smallest absolute Gasteiger partial charge is 0.254 e. The minimum absolute atomic E-state index is 0.151. The van der Waals surface area contributed by atoms with Gasteiger partial charge in [-0.25, -0.2) is 4.90 Å². The average Bonchev–Trinajstić information content (AvgIpc) is 2.50. The van der Waals surface area contributed by atoms with E-state index < -0.39 is 27.9 Å². The summed E-state index contributed by atoms with van der Waals surface area (Å²) in [5.41, 5.74) is 1.16. The van der Waals surface area contributed by atoms with E-state index in [0.717, 1.165) is 9.37 Å². The van der Waals surface area contributed by atoms with Gasteiger partial charge in [-0.1, -0.05) is 46.3 Å². The monoisotopic (exact) mass is 377 g/mol. The summed E-state index contributed by atoms with van der Waals surface area (Å²) in [6, 6.07) is 15.8. The quantitative estimate of drug-likeness (QED) is 0.756. The molecule has 3 rings (SSSR count). The maximum atomic E-state index is 12.7. The molecule has 2 amide bonds. The van der Waals surface area contributed by atoms with Crippen LogP contribution in [0.25, 0.3) is 0 Å². The third kappa shape index (κ3) is 2.76. The number of hydrogen-bond donors (Lipinski definition) is 0. The van der Waals surface area contributed by atoms with Crippen molar-refractivity contribution < 1.29 is 13.8 Å². The maximum Gasteiger partial charge on any atom is 0.254 e. The van der Waals surface area contributed by atoms with Crippen molar-refractivity contribution >= 4 is 44.2 Å². The number of carbonyl (C=O) groups excluding carboxylic acids is 2. The first kappa shape index (κ1) is 15.1. The summed E-state index contributed by atoms with van der Waals surface area (Å²) < 4.78 is 13.1. The van der Waals surface area contributed by atoms with Crippen LogP contribution in [0.1, 0.15) is 10.8 Å². The summed E-state index contributed by atoms with van der Waals surface area (Å²) in [6.45, 7) is 0. The lowest BCUT2D eigenvalue weighted by molar-refractivity contribution is -0.125. The lowest BCUT2D eigenvalue weighted by atomic mass is 10.1. The first-order valence-corrected chi connectivity index (χ1v) is 8.80. The summed E-state index contributed by atoms with van der Waals surface area (Å²) >= 11 is 3.32. The molecule has 0 bridgehead atoms. The number of amides is 2. The molecule has 1 fully saturated rings. The molecule has 2 aromatic rings. The molecule has 1 aliphatic heterocycles. The van der Waals surface area contributed by atoms with E-state index in [-0.39, 0.29) is 5.75 Å². The van der Waals surface area contributed by atoms with E-state index >= 15 is 0 Å². The number of benzene rings is 2. The molecule has 112 valence electrons. The summed E-state index contributed by atoms with van der Waals surface area (Å²) in [6.07, 6.45) is 0. The highest BCUT2D eigenvalue weighted by Gasteiger charge is 2.41. The fourth-order valence-electron chi connectivity index (χ4n) is 2.41. The molecular weight excluding hydrogens is 366 g/mol. The van der Waals surface area contributed by atoms with Crippen LogP contribution < -0.4 is 4.90 Å². The molecule has 0 unspecified atom stereocenters. The van der Waals surface area contributed by atoms with Gasteiger partial charge in [-0.3, -0.25) is 13.8 Å². The normalized spacial score (nSPS) is 22.0. The fraction of sp³-hybridized carbons (Fsp3) is 0.125. The number of carbonyl (C=O) groups is 2. The molecule has 0 saturated carbocycles. The number of halogens is 1. The number of hydrogen-bond acceptors (Lipinski definition) is 3. The lowest BCUT2D eigenvalue weighted by Gasteiger charge is -2.30. The van der Waals surface area contributed by atoms with Gasteiger partial charge in [0.1, 0.15) is 11.0 Å². The Labute approximate surface area is 138 Å². The minimum atomic E-state index is -1.54. The Balaban J connectivity index is 2.01. The molecule has 0 N–H and O–H groups in total. The molecule has 1 saturated heterocycles. The van der Waals surface area contributed by atoms with E-state index in [1.165, 1.54) is 0 Å². The van der Waals surface area contributed by atoms with Gasteiger partial charge in [-0.2, -0.15) is 0 Å². The van der Waals surface area contributed by atoms with Crippen LogP contribution in [-0.2, 0) is 20.4 Å². The van der Waals surface area contributed by atoms with Crippen LogP contribution in [0.15, 0.2) is 59.1 Å². The van der Waals surface area contributed by atoms with Crippen molar-refractivity contribution in [3.05, 3.63) is 64.6 Å². The number of nitrogens with zero attached hydrogens (tertiary/aromatic N) is 1. The maximum absolute atomic E-state index is 12.7. The second kappa shape index (κ2) is 6.14. The molecule has 0 spiro atoms. The molecule has 0 aliphatic carbocycles. The van der Waals surface area contributed by atoms with Crippen molar-refractivity contribution in [3.8, 4) is 0 Å². The molecule has 4 nitrogen and oxygen atoms in total. The average molecular weight is 378 g/mol. The van der Waals surface area contributed by atoms with Gasteiger partial charge in [0, 0.05) is 15.3 Å². The molecule has 1 aliphatic rings. The zero-order valence-electron chi connectivity index (χ0n) is 11.4. The van der Waals surface area contributed by atoms with E-state index in [9.17, 15) is 13.8 Å². The molecule has 2 atom stereocenters. The molecule has 0 radical (unpaired) electrons. The molecule has 2 aromatic carbocycles. The van der Waals surface area contributed by atoms with E-state index in [1.807, 2.05) is 6.07 Å². The Morgan fingerprint density at radius 3 is 2.27 bits per heavy atom. The molecule has 22 heavy (non-hydrogen) atoms. The highest BCUT2D eigenvalue weighted by atomic mass is 79.9. The summed E-state index contributed by atoms with van der Waals surface area (Å²) in [5.74, 6) is -1.03. The van der Waals surface area contributed by atoms with Crippen LogP contribution >= 0.6 is 15.9 Å². The van der Waals surface area contributed by atoms with Crippen molar-refractivity contribution in [2.75, 3.05) is 10.7 Å². The van der Waals surface area contributed by atoms with Gasteiger partial charge in [-0.15, -0.1) is 0 Å². The predicted molar refractivity (Wildman–Crippen MR) is 88.8 cm³/mol. The molecule has 1 heterocycles. The molecular formula is C16H12BrNO3S. The third-order valence-electron chi connectivity index (χ3n) is 3.41. The van der Waals surface area contributed by atoms with Crippen LogP contribution in [0.5, 0.6) is 0 Å². The van der Waals surface area contributed by atoms with Gasteiger partial charge in [0.15, 0.2) is 0 Å². The van der Waals surface area contributed by atoms with Gasteiger partial charge < -0.3 is 0 Å². The highest BCUT2D eigenvalue weighted by molar-refractivity contribution is 9.10. The first-order chi connectivity index (χ1) is 10.6. The van der Waals surface area contributed by atoms with Crippen molar-refractivity contribution in [1.29, 1.82) is 0 Å². The third-order valence-corrected chi connectivity index (χ3v) is 5.47. The van der Waals surface area contributed by atoms with Crippen molar-refractivity contribution in [2.24, 2.45) is 0 Å². The first-order valence-electron chi connectivity index (χ1n) is 6.62. The molecule has 0 aromatic heterocycles.